The molecule has 0 saturated heterocycles. The number of nitrogens with one attached hydrogen (secondary N) is 1. The van der Waals surface area contributed by atoms with Gasteiger partial charge in [-0.2, -0.15) is 0 Å². The molecule has 0 aliphatic rings. The van der Waals surface area contributed by atoms with E-state index < -0.39 is 0 Å². The van der Waals surface area contributed by atoms with E-state index in [0.29, 0.717) is 6.54 Å². The second-order valence-corrected chi connectivity index (χ2v) is 6.01. The lowest BCUT2D eigenvalue weighted by molar-refractivity contribution is 0.687. The van der Waals surface area contributed by atoms with Gasteiger partial charge in [0.2, 0.25) is 0 Å². The molecule has 122 valence electrons. The molecular formula is C22H24N2. The average molecular weight is 316 g/mol. The molecule has 0 aromatic heterocycles. The lowest BCUT2D eigenvalue weighted by atomic mass is 9.94. The summed E-state index contributed by atoms with van der Waals surface area (Å²) in [6, 6.07) is 27.5. The first kappa shape index (κ1) is 16.4. The lowest BCUT2D eigenvalue weighted by Gasteiger charge is -2.15. The summed E-state index contributed by atoms with van der Waals surface area (Å²) in [5.74, 6) is 0. The fourth-order valence-corrected chi connectivity index (χ4v) is 3.01. The lowest BCUT2D eigenvalue weighted by Crippen LogP contribution is -2.15. The van der Waals surface area contributed by atoms with Crippen LogP contribution >= 0.6 is 0 Å². The molecule has 0 aliphatic carbocycles. The molecule has 0 saturated carbocycles. The van der Waals surface area contributed by atoms with E-state index in [1.807, 2.05) is 6.07 Å². The van der Waals surface area contributed by atoms with Gasteiger partial charge in [-0.1, -0.05) is 78.9 Å². The maximum absolute atomic E-state index is 5.97. The predicted molar refractivity (Wildman–Crippen MR) is 101 cm³/mol. The Morgan fingerprint density at radius 2 is 1.25 bits per heavy atom. The van der Waals surface area contributed by atoms with Crippen LogP contribution in [0.4, 0.5) is 0 Å². The van der Waals surface area contributed by atoms with Crippen LogP contribution in [-0.4, -0.2) is 0 Å². The zero-order valence-electron chi connectivity index (χ0n) is 13.9. The smallest absolute Gasteiger partial charge is 0.0211 e. The minimum atomic E-state index is 0.578. The van der Waals surface area contributed by atoms with Crippen molar-refractivity contribution in [2.45, 2.75) is 26.1 Å². The first-order chi connectivity index (χ1) is 11.9. The molecule has 0 bridgehead atoms. The Morgan fingerprint density at radius 1 is 0.625 bits per heavy atom. The van der Waals surface area contributed by atoms with E-state index in [-0.39, 0.29) is 0 Å². The van der Waals surface area contributed by atoms with Crippen LogP contribution in [0.25, 0.3) is 0 Å². The maximum Gasteiger partial charge on any atom is 0.0211 e. The fraction of sp³-hybridized carbons (Fsp3) is 0.182. The van der Waals surface area contributed by atoms with Gasteiger partial charge in [0.1, 0.15) is 0 Å². The van der Waals surface area contributed by atoms with E-state index in [4.69, 9.17) is 5.73 Å². The van der Waals surface area contributed by atoms with Crippen LogP contribution in [0.2, 0.25) is 0 Å². The van der Waals surface area contributed by atoms with Crippen molar-refractivity contribution in [2.24, 2.45) is 5.73 Å². The topological polar surface area (TPSA) is 38.0 Å². The van der Waals surface area contributed by atoms with Gasteiger partial charge in [-0.3, -0.25) is 0 Å². The molecule has 2 heteroatoms. The molecule has 3 aromatic carbocycles. The minimum absolute atomic E-state index is 0.578. The van der Waals surface area contributed by atoms with Crippen molar-refractivity contribution in [1.29, 1.82) is 0 Å². The van der Waals surface area contributed by atoms with Crippen LogP contribution < -0.4 is 11.1 Å². The zero-order valence-corrected chi connectivity index (χ0v) is 13.9. The number of hydrogen-bond acceptors (Lipinski definition) is 2. The number of hydrogen-bond donors (Lipinski definition) is 2. The van der Waals surface area contributed by atoms with Gasteiger partial charge in [0.25, 0.3) is 0 Å². The predicted octanol–water partition coefficient (Wildman–Crippen LogP) is 4.03. The molecule has 3 aromatic rings. The van der Waals surface area contributed by atoms with Gasteiger partial charge >= 0.3 is 0 Å². The highest BCUT2D eigenvalue weighted by Gasteiger charge is 2.08. The molecule has 0 radical (unpaired) electrons. The molecule has 2 nitrogen and oxygen atoms in total. The molecule has 0 fully saturated rings. The van der Waals surface area contributed by atoms with Crippen LogP contribution in [0.3, 0.4) is 0 Å². The average Bonchev–Trinajstić information content (AvgIpc) is 2.64. The van der Waals surface area contributed by atoms with E-state index in [9.17, 15) is 0 Å². The molecule has 0 aliphatic heterocycles. The Morgan fingerprint density at radius 3 is 1.92 bits per heavy atom. The third-order valence-electron chi connectivity index (χ3n) is 4.30. The highest BCUT2D eigenvalue weighted by atomic mass is 14.8. The van der Waals surface area contributed by atoms with E-state index in [1.165, 1.54) is 27.8 Å². The summed E-state index contributed by atoms with van der Waals surface area (Å²) in [6.07, 6.45) is 0.927. The van der Waals surface area contributed by atoms with Gasteiger partial charge in [0, 0.05) is 19.6 Å². The van der Waals surface area contributed by atoms with Crippen molar-refractivity contribution in [3.8, 4) is 0 Å². The van der Waals surface area contributed by atoms with Crippen molar-refractivity contribution in [1.82, 2.24) is 5.32 Å². The zero-order chi connectivity index (χ0) is 16.6. The molecule has 24 heavy (non-hydrogen) atoms. The third kappa shape index (κ3) is 4.31. The number of nitrogens with two attached hydrogens (primary N) is 1. The Labute approximate surface area is 144 Å². The summed E-state index contributed by atoms with van der Waals surface area (Å²) in [7, 11) is 0. The molecule has 3 rings (SSSR count). The number of rotatable bonds is 7. The van der Waals surface area contributed by atoms with Crippen LogP contribution in [0.15, 0.2) is 78.9 Å². The van der Waals surface area contributed by atoms with Crippen molar-refractivity contribution >= 4 is 0 Å². The van der Waals surface area contributed by atoms with Gasteiger partial charge in [-0.15, -0.1) is 0 Å². The summed E-state index contributed by atoms with van der Waals surface area (Å²) >= 11 is 0. The monoisotopic (exact) mass is 316 g/mol. The van der Waals surface area contributed by atoms with Crippen LogP contribution in [0.1, 0.15) is 27.8 Å². The van der Waals surface area contributed by atoms with Crippen LogP contribution in [0, 0.1) is 0 Å². The molecule has 0 heterocycles. The fourth-order valence-electron chi connectivity index (χ4n) is 3.01. The number of benzene rings is 3. The van der Waals surface area contributed by atoms with E-state index in [0.717, 1.165) is 19.5 Å². The minimum Gasteiger partial charge on any atom is -0.326 e. The highest BCUT2D eigenvalue weighted by molar-refractivity contribution is 5.39. The van der Waals surface area contributed by atoms with E-state index >= 15 is 0 Å². The van der Waals surface area contributed by atoms with E-state index in [1.54, 1.807) is 0 Å². The van der Waals surface area contributed by atoms with Crippen LogP contribution in [-0.2, 0) is 26.1 Å². The highest BCUT2D eigenvalue weighted by Crippen LogP contribution is 2.19. The molecular weight excluding hydrogens is 292 g/mol. The second-order valence-electron chi connectivity index (χ2n) is 6.01. The van der Waals surface area contributed by atoms with Crippen LogP contribution in [0.5, 0.6) is 0 Å². The largest absolute Gasteiger partial charge is 0.326 e. The summed E-state index contributed by atoms with van der Waals surface area (Å²) in [5.41, 5.74) is 12.5. The van der Waals surface area contributed by atoms with Gasteiger partial charge in [-0.25, -0.2) is 0 Å². The first-order valence-electron chi connectivity index (χ1n) is 8.45. The quantitative estimate of drug-likeness (QED) is 0.691. The SMILES string of the molecule is NCc1cccc(CNCc2ccccc2)c1Cc1ccccc1. The molecule has 0 atom stereocenters. The van der Waals surface area contributed by atoms with Gasteiger partial charge in [0.15, 0.2) is 0 Å². The Hall–Kier alpha value is -2.42. The Kier molecular flexibility index (Phi) is 5.78. The third-order valence-corrected chi connectivity index (χ3v) is 4.30. The molecule has 0 unspecified atom stereocenters. The summed E-state index contributed by atoms with van der Waals surface area (Å²) in [5, 5.41) is 3.55. The van der Waals surface area contributed by atoms with Crippen molar-refractivity contribution in [3.05, 3.63) is 107 Å². The van der Waals surface area contributed by atoms with Crippen molar-refractivity contribution in [3.63, 3.8) is 0 Å². The maximum atomic E-state index is 5.97. The standard InChI is InChI=1S/C22H24N2/c23-15-20-12-7-13-21(17-24-16-19-10-5-2-6-11-19)22(20)14-18-8-3-1-4-9-18/h1-13,24H,14-17,23H2. The summed E-state index contributed by atoms with van der Waals surface area (Å²) in [6.45, 7) is 2.30. The van der Waals surface area contributed by atoms with Gasteiger partial charge < -0.3 is 11.1 Å². The van der Waals surface area contributed by atoms with Crippen molar-refractivity contribution < 1.29 is 0 Å². The molecule has 0 spiro atoms. The van der Waals surface area contributed by atoms with Gasteiger partial charge in [-0.05, 0) is 34.2 Å². The Bertz CT molecular complexity index is 751. The first-order valence-corrected chi connectivity index (χ1v) is 8.45. The molecule has 0 amide bonds. The molecule has 3 N–H and O–H groups in total. The van der Waals surface area contributed by atoms with Gasteiger partial charge in [0.05, 0.1) is 0 Å². The van der Waals surface area contributed by atoms with E-state index in [2.05, 4.69) is 78.1 Å². The van der Waals surface area contributed by atoms with Crippen molar-refractivity contribution in [2.75, 3.05) is 0 Å². The Balaban J connectivity index is 1.74. The summed E-state index contributed by atoms with van der Waals surface area (Å²) in [4.78, 5) is 0. The summed E-state index contributed by atoms with van der Waals surface area (Å²) < 4.78 is 0. The normalized spacial score (nSPS) is 10.7. The second kappa shape index (κ2) is 8.44.